The summed E-state index contributed by atoms with van der Waals surface area (Å²) in [5, 5.41) is 12.7. The third-order valence-electron chi connectivity index (χ3n) is 2.66. The molecule has 1 unspecified atom stereocenters. The molecule has 0 saturated heterocycles. The molecule has 0 aliphatic rings. The van der Waals surface area contributed by atoms with Gasteiger partial charge in [-0.3, -0.25) is 4.79 Å². The molecule has 0 fully saturated rings. The second kappa shape index (κ2) is 5.38. The molecule has 0 spiro atoms. The van der Waals surface area contributed by atoms with Crippen LogP contribution < -0.4 is 5.32 Å². The Morgan fingerprint density at radius 1 is 1.53 bits per heavy atom. The summed E-state index contributed by atoms with van der Waals surface area (Å²) in [7, 11) is 0. The number of aliphatic hydroxyl groups excluding tert-OH is 1. The van der Waals surface area contributed by atoms with E-state index in [2.05, 4.69) is 21.2 Å². The van der Waals surface area contributed by atoms with Crippen LogP contribution in [0.15, 0.2) is 22.7 Å². The zero-order valence-electron chi connectivity index (χ0n) is 9.92. The largest absolute Gasteiger partial charge is 0.391 e. The van der Waals surface area contributed by atoms with Gasteiger partial charge >= 0.3 is 0 Å². The van der Waals surface area contributed by atoms with Gasteiger partial charge in [-0.15, -0.1) is 0 Å². The molecular formula is C12H15BrClNO2. The van der Waals surface area contributed by atoms with Crippen LogP contribution in [0.25, 0.3) is 0 Å². The zero-order valence-corrected chi connectivity index (χ0v) is 12.3. The van der Waals surface area contributed by atoms with Crippen molar-refractivity contribution in [3.8, 4) is 0 Å². The maximum atomic E-state index is 12.0. The van der Waals surface area contributed by atoms with Crippen molar-refractivity contribution < 1.29 is 9.90 Å². The number of carbonyl (C=O) groups excluding carboxylic acids is 1. The Morgan fingerprint density at radius 2 is 2.12 bits per heavy atom. The first kappa shape index (κ1) is 14.5. The number of amides is 1. The third-order valence-corrected chi connectivity index (χ3v) is 3.46. The SMILES string of the molecule is CC(O)C(C)(C)NC(=O)c1ccc(Br)cc1Cl. The van der Waals surface area contributed by atoms with Gasteiger partial charge in [-0.2, -0.15) is 0 Å². The summed E-state index contributed by atoms with van der Waals surface area (Å²) >= 11 is 9.25. The first-order valence-corrected chi connectivity index (χ1v) is 6.37. The highest BCUT2D eigenvalue weighted by atomic mass is 79.9. The standard InChI is InChI=1S/C12H15BrClNO2/c1-7(16)12(2,3)15-11(17)9-5-4-8(13)6-10(9)14/h4-7,16H,1-3H3,(H,15,17). The van der Waals surface area contributed by atoms with Crippen LogP contribution in [-0.4, -0.2) is 22.7 Å². The molecule has 1 amide bonds. The van der Waals surface area contributed by atoms with Crippen LogP contribution >= 0.6 is 27.5 Å². The molecule has 1 atom stereocenters. The van der Waals surface area contributed by atoms with Gasteiger partial charge in [0.1, 0.15) is 0 Å². The number of aliphatic hydroxyl groups is 1. The van der Waals surface area contributed by atoms with E-state index < -0.39 is 11.6 Å². The molecule has 0 aliphatic carbocycles. The fraction of sp³-hybridized carbons (Fsp3) is 0.417. The van der Waals surface area contributed by atoms with Crippen LogP contribution in [0.2, 0.25) is 5.02 Å². The minimum atomic E-state index is -0.701. The molecule has 3 nitrogen and oxygen atoms in total. The van der Waals surface area contributed by atoms with Gasteiger partial charge in [-0.1, -0.05) is 27.5 Å². The van der Waals surface area contributed by atoms with Gasteiger partial charge in [0.15, 0.2) is 0 Å². The third kappa shape index (κ3) is 3.69. The van der Waals surface area contributed by atoms with Crippen molar-refractivity contribution >= 4 is 33.4 Å². The predicted molar refractivity (Wildman–Crippen MR) is 72.4 cm³/mol. The van der Waals surface area contributed by atoms with Gasteiger partial charge in [-0.05, 0) is 39.0 Å². The fourth-order valence-corrected chi connectivity index (χ4v) is 1.90. The Balaban J connectivity index is 2.91. The van der Waals surface area contributed by atoms with E-state index in [1.165, 1.54) is 0 Å². The van der Waals surface area contributed by atoms with E-state index in [9.17, 15) is 9.90 Å². The van der Waals surface area contributed by atoms with Crippen LogP contribution in [0.3, 0.4) is 0 Å². The Morgan fingerprint density at radius 3 is 2.59 bits per heavy atom. The molecule has 0 heterocycles. The highest BCUT2D eigenvalue weighted by molar-refractivity contribution is 9.10. The van der Waals surface area contributed by atoms with Gasteiger partial charge in [0.2, 0.25) is 0 Å². The van der Waals surface area contributed by atoms with Crippen LogP contribution in [0, 0.1) is 0 Å². The smallest absolute Gasteiger partial charge is 0.253 e. The predicted octanol–water partition coefficient (Wildman–Crippen LogP) is 2.99. The van der Waals surface area contributed by atoms with E-state index in [4.69, 9.17) is 11.6 Å². The highest BCUT2D eigenvalue weighted by Gasteiger charge is 2.27. The highest BCUT2D eigenvalue weighted by Crippen LogP contribution is 2.22. The number of carbonyl (C=O) groups is 1. The van der Waals surface area contributed by atoms with Crippen LogP contribution in [0.1, 0.15) is 31.1 Å². The molecule has 0 radical (unpaired) electrons. The normalized spacial score (nSPS) is 13.3. The van der Waals surface area contributed by atoms with Gasteiger partial charge in [0.25, 0.3) is 5.91 Å². The maximum absolute atomic E-state index is 12.0. The van der Waals surface area contributed by atoms with E-state index in [1.807, 2.05) is 0 Å². The molecule has 94 valence electrons. The molecule has 1 rings (SSSR count). The van der Waals surface area contributed by atoms with E-state index >= 15 is 0 Å². The molecule has 0 aliphatic heterocycles. The number of nitrogens with one attached hydrogen (secondary N) is 1. The molecule has 0 saturated carbocycles. The van der Waals surface area contributed by atoms with Crippen LogP contribution in [0.4, 0.5) is 0 Å². The Bertz CT molecular complexity index is 433. The average molecular weight is 321 g/mol. The lowest BCUT2D eigenvalue weighted by molar-refractivity contribution is 0.0709. The van der Waals surface area contributed by atoms with Crippen molar-refractivity contribution in [3.63, 3.8) is 0 Å². The first-order valence-electron chi connectivity index (χ1n) is 5.19. The molecule has 1 aromatic rings. The van der Waals surface area contributed by atoms with Crippen molar-refractivity contribution in [2.45, 2.75) is 32.4 Å². The summed E-state index contributed by atoms with van der Waals surface area (Å²) in [6, 6.07) is 5.04. The topological polar surface area (TPSA) is 49.3 Å². The molecule has 1 aromatic carbocycles. The summed E-state index contributed by atoms with van der Waals surface area (Å²) in [5.41, 5.74) is -0.309. The summed E-state index contributed by atoms with van der Waals surface area (Å²) in [6.45, 7) is 5.13. The van der Waals surface area contributed by atoms with Crippen molar-refractivity contribution in [1.82, 2.24) is 5.32 Å². The molecule has 17 heavy (non-hydrogen) atoms. The average Bonchev–Trinajstić information content (AvgIpc) is 2.15. The second-order valence-corrected chi connectivity index (χ2v) is 5.80. The molecule has 0 bridgehead atoms. The molecule has 0 aromatic heterocycles. The van der Waals surface area contributed by atoms with Crippen LogP contribution in [-0.2, 0) is 0 Å². The Hall–Kier alpha value is -0.580. The number of hydrogen-bond donors (Lipinski definition) is 2. The molecule has 5 heteroatoms. The lowest BCUT2D eigenvalue weighted by Gasteiger charge is -2.29. The van der Waals surface area contributed by atoms with E-state index in [-0.39, 0.29) is 5.91 Å². The summed E-state index contributed by atoms with van der Waals surface area (Å²) < 4.78 is 0.814. The zero-order chi connectivity index (χ0) is 13.2. The first-order chi connectivity index (χ1) is 7.74. The summed E-state index contributed by atoms with van der Waals surface area (Å²) in [6.07, 6.45) is -0.652. The Labute approximate surface area is 114 Å². The van der Waals surface area contributed by atoms with Gasteiger partial charge in [-0.25, -0.2) is 0 Å². The van der Waals surface area contributed by atoms with E-state index in [0.717, 1.165) is 4.47 Å². The second-order valence-electron chi connectivity index (χ2n) is 4.48. The van der Waals surface area contributed by atoms with Crippen molar-refractivity contribution in [2.75, 3.05) is 0 Å². The number of rotatable bonds is 3. The van der Waals surface area contributed by atoms with Crippen molar-refractivity contribution in [2.24, 2.45) is 0 Å². The number of hydrogen-bond acceptors (Lipinski definition) is 2. The monoisotopic (exact) mass is 319 g/mol. The lowest BCUT2D eigenvalue weighted by Crippen LogP contribution is -2.51. The number of halogens is 2. The van der Waals surface area contributed by atoms with E-state index in [1.54, 1.807) is 39.0 Å². The van der Waals surface area contributed by atoms with Crippen LogP contribution in [0.5, 0.6) is 0 Å². The van der Waals surface area contributed by atoms with Crippen molar-refractivity contribution in [3.05, 3.63) is 33.3 Å². The minimum absolute atomic E-state index is 0.298. The quantitative estimate of drug-likeness (QED) is 0.899. The molecule has 2 N–H and O–H groups in total. The summed E-state index contributed by atoms with van der Waals surface area (Å²) in [4.78, 5) is 12.0. The lowest BCUT2D eigenvalue weighted by atomic mass is 9.98. The minimum Gasteiger partial charge on any atom is -0.391 e. The Kier molecular flexibility index (Phi) is 4.58. The van der Waals surface area contributed by atoms with Gasteiger partial charge < -0.3 is 10.4 Å². The van der Waals surface area contributed by atoms with E-state index in [0.29, 0.717) is 10.6 Å². The van der Waals surface area contributed by atoms with Gasteiger partial charge in [0.05, 0.1) is 22.2 Å². The van der Waals surface area contributed by atoms with Gasteiger partial charge in [0, 0.05) is 4.47 Å². The maximum Gasteiger partial charge on any atom is 0.253 e. The van der Waals surface area contributed by atoms with Crippen molar-refractivity contribution in [1.29, 1.82) is 0 Å². The number of benzene rings is 1. The molecular weight excluding hydrogens is 305 g/mol. The summed E-state index contributed by atoms with van der Waals surface area (Å²) in [5.74, 6) is -0.298. The fourth-order valence-electron chi connectivity index (χ4n) is 1.14.